The fraction of sp³-hybridized carbons (Fsp3) is 0.211. The maximum atomic E-state index is 12.3. The molecule has 1 aliphatic carbocycles. The molecule has 1 aromatic carbocycles. The van der Waals surface area contributed by atoms with E-state index >= 15 is 0 Å². The van der Waals surface area contributed by atoms with Gasteiger partial charge in [0.25, 0.3) is 5.91 Å². The molecule has 1 aliphatic rings. The summed E-state index contributed by atoms with van der Waals surface area (Å²) >= 11 is 0. The first-order valence-corrected chi connectivity index (χ1v) is 8.31. The van der Waals surface area contributed by atoms with E-state index in [1.165, 1.54) is 0 Å². The highest BCUT2D eigenvalue weighted by molar-refractivity contribution is 6.07. The molecule has 2 aromatic heterocycles. The van der Waals surface area contributed by atoms with E-state index in [2.05, 4.69) is 20.6 Å². The van der Waals surface area contributed by atoms with Crippen LogP contribution in [0.4, 0.5) is 5.69 Å². The van der Waals surface area contributed by atoms with Gasteiger partial charge in [0.1, 0.15) is 5.65 Å². The number of H-pyrrole nitrogens is 1. The highest BCUT2D eigenvalue weighted by Gasteiger charge is 2.25. The number of hydrogen-bond acceptors (Lipinski definition) is 3. The summed E-state index contributed by atoms with van der Waals surface area (Å²) < 4.78 is 0. The average Bonchev–Trinajstić information content (AvgIpc) is 3.32. The molecule has 1 fully saturated rings. The number of carbonyl (C=O) groups excluding carboxylic acids is 2. The molecule has 0 spiro atoms. The summed E-state index contributed by atoms with van der Waals surface area (Å²) in [5.74, 6) is -0.227. The number of pyridine rings is 1. The monoisotopic (exact) mass is 334 g/mol. The van der Waals surface area contributed by atoms with Crippen molar-refractivity contribution < 1.29 is 9.59 Å². The molecule has 1 saturated carbocycles. The minimum Gasteiger partial charge on any atom is -0.349 e. The van der Waals surface area contributed by atoms with Crippen molar-refractivity contribution >= 4 is 28.5 Å². The lowest BCUT2D eigenvalue weighted by molar-refractivity contribution is -0.115. The number of aromatic nitrogens is 2. The van der Waals surface area contributed by atoms with Crippen molar-refractivity contribution in [3.8, 4) is 0 Å². The second-order valence-corrected chi connectivity index (χ2v) is 6.28. The lowest BCUT2D eigenvalue weighted by atomic mass is 10.1. The first-order chi connectivity index (χ1) is 12.2. The minimum atomic E-state index is -0.119. The second kappa shape index (κ2) is 6.39. The third kappa shape index (κ3) is 3.52. The van der Waals surface area contributed by atoms with Crippen molar-refractivity contribution in [1.82, 2.24) is 15.3 Å². The zero-order chi connectivity index (χ0) is 17.2. The van der Waals surface area contributed by atoms with Gasteiger partial charge in [0, 0.05) is 17.6 Å². The Kier molecular flexibility index (Phi) is 3.93. The highest BCUT2D eigenvalue weighted by atomic mass is 16.2. The molecular weight excluding hydrogens is 316 g/mol. The number of fused-ring (bicyclic) bond motifs is 1. The molecule has 0 radical (unpaired) electrons. The number of nitrogens with zero attached hydrogens (tertiary/aromatic N) is 1. The third-order valence-corrected chi connectivity index (χ3v) is 4.18. The van der Waals surface area contributed by atoms with Crippen LogP contribution < -0.4 is 10.6 Å². The van der Waals surface area contributed by atoms with Crippen LogP contribution in [0.25, 0.3) is 11.0 Å². The number of hydrogen-bond donors (Lipinski definition) is 3. The molecule has 2 heterocycles. The van der Waals surface area contributed by atoms with Gasteiger partial charge in [-0.15, -0.1) is 0 Å². The van der Waals surface area contributed by atoms with E-state index in [9.17, 15) is 9.59 Å². The van der Waals surface area contributed by atoms with Crippen molar-refractivity contribution in [2.75, 3.05) is 5.32 Å². The fourth-order valence-corrected chi connectivity index (χ4v) is 2.74. The molecule has 6 heteroatoms. The first kappa shape index (κ1) is 15.4. The predicted molar refractivity (Wildman–Crippen MR) is 95.4 cm³/mol. The van der Waals surface area contributed by atoms with E-state index in [0.29, 0.717) is 34.7 Å². The Labute approximate surface area is 144 Å². The van der Waals surface area contributed by atoms with Crippen molar-refractivity contribution in [2.24, 2.45) is 0 Å². The number of carbonyl (C=O) groups is 2. The average molecular weight is 334 g/mol. The Morgan fingerprint density at radius 3 is 2.76 bits per heavy atom. The standard InChI is InChI=1S/C19H18N4O2/c24-17(8-12-4-2-1-3-5-12)22-14-9-15-16(11-21-18(15)20-10-14)19(25)23-13-6-7-13/h1-5,9-11,13H,6-8H2,(H,20,21)(H,22,24)(H,23,25). The lowest BCUT2D eigenvalue weighted by Gasteiger charge is -2.06. The van der Waals surface area contributed by atoms with Crippen LogP contribution in [0.2, 0.25) is 0 Å². The van der Waals surface area contributed by atoms with Gasteiger partial charge in [-0.05, 0) is 24.5 Å². The lowest BCUT2D eigenvalue weighted by Crippen LogP contribution is -2.25. The predicted octanol–water partition coefficient (Wildman–Crippen LogP) is 2.64. The van der Waals surface area contributed by atoms with Crippen LogP contribution in [0.15, 0.2) is 48.8 Å². The number of aromatic amines is 1. The number of nitrogens with one attached hydrogen (secondary N) is 3. The van der Waals surface area contributed by atoms with Gasteiger partial charge in [-0.25, -0.2) is 4.98 Å². The number of benzene rings is 1. The van der Waals surface area contributed by atoms with Crippen LogP contribution >= 0.6 is 0 Å². The van der Waals surface area contributed by atoms with E-state index in [0.717, 1.165) is 18.4 Å². The smallest absolute Gasteiger partial charge is 0.253 e. The summed E-state index contributed by atoms with van der Waals surface area (Å²) in [7, 11) is 0. The Bertz CT molecular complexity index is 929. The normalized spacial score (nSPS) is 13.6. The molecular formula is C19H18N4O2. The van der Waals surface area contributed by atoms with Gasteiger partial charge in [-0.1, -0.05) is 30.3 Å². The number of rotatable bonds is 5. The molecule has 0 atom stereocenters. The molecule has 25 heavy (non-hydrogen) atoms. The van der Waals surface area contributed by atoms with Gasteiger partial charge in [0.05, 0.1) is 23.9 Å². The van der Waals surface area contributed by atoms with Crippen LogP contribution in [-0.2, 0) is 11.2 Å². The zero-order valence-electron chi connectivity index (χ0n) is 13.6. The summed E-state index contributed by atoms with van der Waals surface area (Å²) in [4.78, 5) is 31.8. The second-order valence-electron chi connectivity index (χ2n) is 6.28. The molecule has 3 N–H and O–H groups in total. The van der Waals surface area contributed by atoms with Gasteiger partial charge in [-0.2, -0.15) is 0 Å². The highest BCUT2D eigenvalue weighted by Crippen LogP contribution is 2.23. The molecule has 0 bridgehead atoms. The van der Waals surface area contributed by atoms with Crippen molar-refractivity contribution in [2.45, 2.75) is 25.3 Å². The quantitative estimate of drug-likeness (QED) is 0.670. The van der Waals surface area contributed by atoms with E-state index in [-0.39, 0.29) is 11.8 Å². The molecule has 0 aliphatic heterocycles. The molecule has 0 unspecified atom stereocenters. The summed E-state index contributed by atoms with van der Waals surface area (Å²) in [6.45, 7) is 0. The molecule has 126 valence electrons. The Hall–Kier alpha value is -3.15. The van der Waals surface area contributed by atoms with E-state index in [1.54, 1.807) is 18.5 Å². The SMILES string of the molecule is O=C(Cc1ccccc1)Nc1cnc2[nH]cc(C(=O)NC3CC3)c2c1. The Balaban J connectivity index is 1.51. The molecule has 0 saturated heterocycles. The van der Waals surface area contributed by atoms with E-state index < -0.39 is 0 Å². The molecule has 4 rings (SSSR count). The van der Waals surface area contributed by atoms with Crippen molar-refractivity contribution in [1.29, 1.82) is 0 Å². The topological polar surface area (TPSA) is 86.9 Å². The van der Waals surface area contributed by atoms with Crippen LogP contribution in [0.3, 0.4) is 0 Å². The summed E-state index contributed by atoms with van der Waals surface area (Å²) in [6.07, 6.45) is 5.61. The van der Waals surface area contributed by atoms with Crippen LogP contribution in [0.5, 0.6) is 0 Å². The van der Waals surface area contributed by atoms with Gasteiger partial charge in [0.15, 0.2) is 0 Å². The summed E-state index contributed by atoms with van der Waals surface area (Å²) in [5, 5.41) is 6.52. The summed E-state index contributed by atoms with van der Waals surface area (Å²) in [6, 6.07) is 11.6. The van der Waals surface area contributed by atoms with E-state index in [1.807, 2.05) is 30.3 Å². The third-order valence-electron chi connectivity index (χ3n) is 4.18. The maximum Gasteiger partial charge on any atom is 0.253 e. The van der Waals surface area contributed by atoms with Crippen molar-refractivity contribution in [3.05, 3.63) is 59.9 Å². The molecule has 2 amide bonds. The number of anilines is 1. The molecule has 3 aromatic rings. The van der Waals surface area contributed by atoms with Gasteiger partial charge >= 0.3 is 0 Å². The Morgan fingerprint density at radius 2 is 2.00 bits per heavy atom. The summed E-state index contributed by atoms with van der Waals surface area (Å²) in [5.41, 5.74) is 2.70. The largest absolute Gasteiger partial charge is 0.349 e. The fourth-order valence-electron chi connectivity index (χ4n) is 2.74. The van der Waals surface area contributed by atoms with Crippen molar-refractivity contribution in [3.63, 3.8) is 0 Å². The Morgan fingerprint density at radius 1 is 1.20 bits per heavy atom. The molecule has 6 nitrogen and oxygen atoms in total. The van der Waals surface area contributed by atoms with Crippen LogP contribution in [0.1, 0.15) is 28.8 Å². The van der Waals surface area contributed by atoms with Gasteiger partial charge in [0.2, 0.25) is 5.91 Å². The van der Waals surface area contributed by atoms with Gasteiger partial charge in [-0.3, -0.25) is 9.59 Å². The van der Waals surface area contributed by atoms with Crippen LogP contribution in [-0.4, -0.2) is 27.8 Å². The first-order valence-electron chi connectivity index (χ1n) is 8.31. The van der Waals surface area contributed by atoms with E-state index in [4.69, 9.17) is 0 Å². The number of amides is 2. The minimum absolute atomic E-state index is 0.108. The maximum absolute atomic E-state index is 12.3. The zero-order valence-corrected chi connectivity index (χ0v) is 13.6. The van der Waals surface area contributed by atoms with Crippen LogP contribution in [0, 0.1) is 0 Å². The van der Waals surface area contributed by atoms with Gasteiger partial charge < -0.3 is 15.6 Å².